The van der Waals surface area contributed by atoms with Gasteiger partial charge in [0.05, 0.1) is 6.10 Å². The van der Waals surface area contributed by atoms with E-state index in [0.717, 1.165) is 6.42 Å². The molecule has 3 N–H and O–H groups in total. The van der Waals surface area contributed by atoms with Crippen LogP contribution < -0.4 is 10.6 Å². The van der Waals surface area contributed by atoms with Crippen molar-refractivity contribution in [1.29, 1.82) is 0 Å². The van der Waals surface area contributed by atoms with Crippen LogP contribution in [0.5, 0.6) is 0 Å². The molecule has 1 aliphatic carbocycles. The van der Waals surface area contributed by atoms with Gasteiger partial charge in [0, 0.05) is 0 Å². The van der Waals surface area contributed by atoms with E-state index in [4.69, 9.17) is 0 Å². The molecule has 18 heavy (non-hydrogen) atoms. The average Bonchev–Trinajstić information content (AvgIpc) is 2.29. The van der Waals surface area contributed by atoms with Gasteiger partial charge in [0.1, 0.15) is 5.41 Å². The van der Waals surface area contributed by atoms with Crippen molar-refractivity contribution in [3.63, 3.8) is 0 Å². The Kier molecular flexibility index (Phi) is 3.21. The van der Waals surface area contributed by atoms with E-state index in [2.05, 4.69) is 10.6 Å². The normalized spacial score (nSPS) is 27.3. The van der Waals surface area contributed by atoms with Crippen LogP contribution in [-0.4, -0.2) is 29.1 Å². The van der Waals surface area contributed by atoms with E-state index in [1.165, 1.54) is 0 Å². The minimum atomic E-state index is -1.35. The number of rotatable bonds is 2. The summed E-state index contributed by atoms with van der Waals surface area (Å²) in [6.45, 7) is 1.72. The number of aliphatic hydroxyl groups excluding tert-OH is 1. The molecular formula is C12H16N2O4. The van der Waals surface area contributed by atoms with Gasteiger partial charge in [0.2, 0.25) is 11.8 Å². The highest BCUT2D eigenvalue weighted by atomic mass is 16.3. The van der Waals surface area contributed by atoms with Crippen LogP contribution in [-0.2, 0) is 9.59 Å². The van der Waals surface area contributed by atoms with E-state index < -0.39 is 29.4 Å². The second-order valence-electron chi connectivity index (χ2n) is 4.65. The topological polar surface area (TPSA) is 95.5 Å². The van der Waals surface area contributed by atoms with Gasteiger partial charge in [-0.2, -0.15) is 0 Å². The van der Waals surface area contributed by atoms with Crippen molar-refractivity contribution in [1.82, 2.24) is 10.6 Å². The number of carbonyl (C=O) groups excluding carboxylic acids is 3. The van der Waals surface area contributed by atoms with E-state index in [1.807, 2.05) is 0 Å². The number of hydrogen-bond donors (Lipinski definition) is 3. The molecule has 0 radical (unpaired) electrons. The number of barbiturate groups is 1. The summed E-state index contributed by atoms with van der Waals surface area (Å²) in [5.41, 5.74) is -0.749. The van der Waals surface area contributed by atoms with Crippen LogP contribution in [0.4, 0.5) is 4.79 Å². The fraction of sp³-hybridized carbons (Fsp3) is 0.583. The zero-order chi connectivity index (χ0) is 13.3. The van der Waals surface area contributed by atoms with Crippen LogP contribution >= 0.6 is 0 Å². The van der Waals surface area contributed by atoms with Gasteiger partial charge in [0.15, 0.2) is 0 Å². The van der Waals surface area contributed by atoms with E-state index >= 15 is 0 Å². The summed E-state index contributed by atoms with van der Waals surface area (Å²) in [5.74, 6) is -1.20. The molecule has 1 aliphatic heterocycles. The van der Waals surface area contributed by atoms with E-state index in [0.29, 0.717) is 18.4 Å². The summed E-state index contributed by atoms with van der Waals surface area (Å²) >= 11 is 0. The Morgan fingerprint density at radius 1 is 1.33 bits per heavy atom. The second kappa shape index (κ2) is 4.53. The van der Waals surface area contributed by atoms with E-state index in [-0.39, 0.29) is 6.42 Å². The van der Waals surface area contributed by atoms with Gasteiger partial charge in [-0.1, -0.05) is 13.0 Å². The average molecular weight is 252 g/mol. The first-order chi connectivity index (χ1) is 8.50. The summed E-state index contributed by atoms with van der Waals surface area (Å²) in [7, 11) is 0. The maximum atomic E-state index is 12.1. The first-order valence-electron chi connectivity index (χ1n) is 6.07. The summed E-state index contributed by atoms with van der Waals surface area (Å²) in [6, 6.07) is -0.786. The molecule has 1 unspecified atom stereocenters. The number of urea groups is 1. The van der Waals surface area contributed by atoms with Gasteiger partial charge in [-0.05, 0) is 31.3 Å². The third kappa shape index (κ3) is 1.82. The number of imide groups is 2. The Morgan fingerprint density at radius 3 is 2.44 bits per heavy atom. The van der Waals surface area contributed by atoms with Crippen LogP contribution in [0, 0.1) is 5.41 Å². The molecule has 2 rings (SSSR count). The van der Waals surface area contributed by atoms with Crippen molar-refractivity contribution in [3.8, 4) is 0 Å². The SMILES string of the molecule is CCC1(C2=CC(O)CCC2)C(=O)NC(=O)NC1=O. The molecule has 1 fully saturated rings. The first kappa shape index (κ1) is 12.8. The fourth-order valence-corrected chi connectivity index (χ4v) is 2.65. The predicted molar refractivity (Wildman–Crippen MR) is 62.3 cm³/mol. The summed E-state index contributed by atoms with van der Waals surface area (Å²) < 4.78 is 0. The van der Waals surface area contributed by atoms with Crippen LogP contribution in [0.3, 0.4) is 0 Å². The van der Waals surface area contributed by atoms with Crippen LogP contribution in [0.15, 0.2) is 11.6 Å². The molecular weight excluding hydrogens is 236 g/mol. The Morgan fingerprint density at radius 2 is 1.94 bits per heavy atom. The molecule has 0 saturated carbocycles. The van der Waals surface area contributed by atoms with Crippen molar-refractivity contribution < 1.29 is 19.5 Å². The highest BCUT2D eigenvalue weighted by molar-refractivity contribution is 6.21. The lowest BCUT2D eigenvalue weighted by atomic mass is 9.71. The smallest absolute Gasteiger partial charge is 0.328 e. The van der Waals surface area contributed by atoms with Gasteiger partial charge in [-0.3, -0.25) is 20.2 Å². The van der Waals surface area contributed by atoms with Crippen LogP contribution in [0.1, 0.15) is 32.6 Å². The Labute approximate surface area is 104 Å². The minimum absolute atomic E-state index is 0.260. The number of aliphatic hydroxyl groups is 1. The number of carbonyl (C=O) groups is 3. The largest absolute Gasteiger partial charge is 0.389 e. The number of hydrogen-bond acceptors (Lipinski definition) is 4. The maximum Gasteiger partial charge on any atom is 0.328 e. The van der Waals surface area contributed by atoms with Crippen molar-refractivity contribution >= 4 is 17.8 Å². The highest BCUT2D eigenvalue weighted by Crippen LogP contribution is 2.39. The lowest BCUT2D eigenvalue weighted by Crippen LogP contribution is -2.63. The Hall–Kier alpha value is -1.69. The molecule has 4 amide bonds. The minimum Gasteiger partial charge on any atom is -0.389 e. The van der Waals surface area contributed by atoms with Crippen molar-refractivity contribution in [2.45, 2.75) is 38.7 Å². The maximum absolute atomic E-state index is 12.1. The van der Waals surface area contributed by atoms with Crippen molar-refractivity contribution in [2.75, 3.05) is 0 Å². The van der Waals surface area contributed by atoms with Gasteiger partial charge in [-0.25, -0.2) is 4.79 Å². The first-order valence-corrected chi connectivity index (χ1v) is 6.07. The Bertz CT molecular complexity index is 421. The molecule has 1 atom stereocenters. The van der Waals surface area contributed by atoms with Gasteiger partial charge in [0.25, 0.3) is 0 Å². The molecule has 6 nitrogen and oxygen atoms in total. The monoisotopic (exact) mass is 252 g/mol. The summed E-state index contributed by atoms with van der Waals surface area (Å²) in [5, 5.41) is 13.9. The second-order valence-corrected chi connectivity index (χ2v) is 4.65. The molecule has 0 aromatic carbocycles. The zero-order valence-electron chi connectivity index (χ0n) is 10.2. The molecule has 1 heterocycles. The van der Waals surface area contributed by atoms with Crippen LogP contribution in [0.2, 0.25) is 0 Å². The van der Waals surface area contributed by atoms with Gasteiger partial charge >= 0.3 is 6.03 Å². The van der Waals surface area contributed by atoms with Crippen LogP contribution in [0.25, 0.3) is 0 Å². The lowest BCUT2D eigenvalue weighted by molar-refractivity contribution is -0.142. The molecule has 0 bridgehead atoms. The third-order valence-corrected chi connectivity index (χ3v) is 3.65. The van der Waals surface area contributed by atoms with Crippen molar-refractivity contribution in [3.05, 3.63) is 11.6 Å². The molecule has 0 aromatic rings. The number of amides is 4. The summed E-state index contributed by atoms with van der Waals surface area (Å²) in [6.07, 6.45) is 3.14. The summed E-state index contributed by atoms with van der Waals surface area (Å²) in [4.78, 5) is 35.2. The lowest BCUT2D eigenvalue weighted by Gasteiger charge is -2.37. The van der Waals surface area contributed by atoms with Gasteiger partial charge in [-0.15, -0.1) is 0 Å². The molecule has 6 heteroatoms. The third-order valence-electron chi connectivity index (χ3n) is 3.65. The Balaban J connectivity index is 2.43. The fourth-order valence-electron chi connectivity index (χ4n) is 2.65. The van der Waals surface area contributed by atoms with E-state index in [9.17, 15) is 19.5 Å². The molecule has 1 saturated heterocycles. The molecule has 98 valence electrons. The molecule has 0 spiro atoms. The highest BCUT2D eigenvalue weighted by Gasteiger charge is 2.51. The number of nitrogens with one attached hydrogen (secondary N) is 2. The molecule has 2 aliphatic rings. The molecule has 0 aromatic heterocycles. The van der Waals surface area contributed by atoms with Gasteiger partial charge < -0.3 is 5.11 Å². The van der Waals surface area contributed by atoms with E-state index in [1.54, 1.807) is 13.0 Å². The van der Waals surface area contributed by atoms with Crippen molar-refractivity contribution in [2.24, 2.45) is 5.41 Å². The predicted octanol–water partition coefficient (Wildman–Crippen LogP) is 0.220. The quantitative estimate of drug-likeness (QED) is 0.484. The standard InChI is InChI=1S/C12H16N2O4/c1-2-12(7-4-3-5-8(15)6-7)9(16)13-11(18)14-10(12)17/h6,8,15H,2-5H2,1H3,(H2,13,14,16,17,18). The zero-order valence-corrected chi connectivity index (χ0v) is 10.2.